The van der Waals surface area contributed by atoms with Gasteiger partial charge >= 0.3 is 6.09 Å². The average molecular weight is 679 g/mol. The third kappa shape index (κ3) is 8.80. The Morgan fingerprint density at radius 2 is 1.78 bits per heavy atom. The Bertz CT molecular complexity index is 1620. The van der Waals surface area contributed by atoms with Crippen molar-refractivity contribution in [2.45, 2.75) is 116 Å². The zero-order valence-corrected chi connectivity index (χ0v) is 29.5. The van der Waals surface area contributed by atoms with E-state index in [1.54, 1.807) is 40.0 Å². The summed E-state index contributed by atoms with van der Waals surface area (Å²) >= 11 is 0. The first-order valence-corrected chi connectivity index (χ1v) is 17.4. The number of aromatic nitrogens is 1. The molecular formula is C38H51FN4O6. The number of halogens is 1. The van der Waals surface area contributed by atoms with Crippen LogP contribution < -0.4 is 10.1 Å². The molecule has 2 heterocycles. The summed E-state index contributed by atoms with van der Waals surface area (Å²) in [4.78, 5) is 42.4. The molecule has 1 aromatic heterocycles. The summed E-state index contributed by atoms with van der Waals surface area (Å²) in [6.07, 6.45) is 5.23. The third-order valence-corrected chi connectivity index (χ3v) is 9.86. The summed E-state index contributed by atoms with van der Waals surface area (Å²) in [5, 5.41) is 16.0. The number of hydrogen-bond donors (Lipinski definition) is 2. The van der Waals surface area contributed by atoms with Crippen LogP contribution >= 0.6 is 0 Å². The topological polar surface area (TPSA) is 113 Å². The van der Waals surface area contributed by atoms with Gasteiger partial charge in [-0.1, -0.05) is 37.5 Å². The number of nitrogens with one attached hydrogen (secondary N) is 1. The predicted molar refractivity (Wildman–Crippen MR) is 186 cm³/mol. The van der Waals surface area contributed by atoms with Gasteiger partial charge in [-0.25, -0.2) is 9.18 Å². The number of amides is 2. The summed E-state index contributed by atoms with van der Waals surface area (Å²) in [7, 11) is 1.54. The highest BCUT2D eigenvalue weighted by atomic mass is 19.1. The minimum absolute atomic E-state index is 0.0289. The summed E-state index contributed by atoms with van der Waals surface area (Å²) in [5.41, 5.74) is 0.451. The number of nitrogens with zero attached hydrogens (tertiary/aromatic N) is 3. The van der Waals surface area contributed by atoms with Gasteiger partial charge in [0.2, 0.25) is 5.91 Å². The van der Waals surface area contributed by atoms with E-state index in [0.717, 1.165) is 43.4 Å². The van der Waals surface area contributed by atoms with E-state index in [2.05, 4.69) is 5.32 Å². The lowest BCUT2D eigenvalue weighted by molar-refractivity contribution is -0.130. The Morgan fingerprint density at radius 3 is 2.43 bits per heavy atom. The zero-order chi connectivity index (χ0) is 35.5. The Kier molecular flexibility index (Phi) is 11.3. The fourth-order valence-electron chi connectivity index (χ4n) is 7.19. The number of likely N-dealkylation sites (tertiary alicyclic amines) is 1. The van der Waals surface area contributed by atoms with Gasteiger partial charge in [0, 0.05) is 55.3 Å². The minimum Gasteiger partial charge on any atom is -0.489 e. The van der Waals surface area contributed by atoms with E-state index in [1.165, 1.54) is 31.0 Å². The number of carbonyl (C=O) groups excluding carboxylic acids is 3. The molecule has 0 radical (unpaired) electrons. The molecule has 2 aromatic carbocycles. The number of aliphatic hydroxyl groups excluding tert-OH is 1. The Balaban J connectivity index is 1.44. The van der Waals surface area contributed by atoms with E-state index >= 15 is 0 Å². The molecule has 2 amide bonds. The Labute approximate surface area is 288 Å². The largest absolute Gasteiger partial charge is 0.489 e. The van der Waals surface area contributed by atoms with Crippen LogP contribution in [0.1, 0.15) is 83.5 Å². The van der Waals surface area contributed by atoms with Crippen LogP contribution in [-0.2, 0) is 16.1 Å². The molecule has 1 aliphatic carbocycles. The van der Waals surface area contributed by atoms with Gasteiger partial charge in [0.1, 0.15) is 35.5 Å². The molecule has 2 fully saturated rings. The molecule has 10 nitrogen and oxygen atoms in total. The summed E-state index contributed by atoms with van der Waals surface area (Å²) in [6.45, 7) is 9.25. The van der Waals surface area contributed by atoms with Gasteiger partial charge in [-0.3, -0.25) is 19.4 Å². The Morgan fingerprint density at radius 1 is 1.08 bits per heavy atom. The highest BCUT2D eigenvalue weighted by Crippen LogP contribution is 2.34. The van der Waals surface area contributed by atoms with E-state index in [9.17, 15) is 23.9 Å². The number of rotatable bonds is 11. The first-order valence-electron chi connectivity index (χ1n) is 17.4. The number of fused-ring (bicyclic) bond motifs is 1. The number of likely N-dealkylation sites (N-methyl/N-ethyl adjacent to an activating group) is 1. The minimum atomic E-state index is -1.06. The maximum Gasteiger partial charge on any atom is 0.410 e. The average Bonchev–Trinajstić information content (AvgIpc) is 3.63. The lowest BCUT2D eigenvalue weighted by atomic mass is 9.82. The molecule has 0 bridgehead atoms. The summed E-state index contributed by atoms with van der Waals surface area (Å²) in [5.74, 6) is -0.200. The number of Topliss-reactive ketones (excluding diaryl/α,β-unsaturated/α-hetero) is 1. The van der Waals surface area contributed by atoms with Crippen LogP contribution in [0.4, 0.5) is 9.18 Å². The van der Waals surface area contributed by atoms with E-state index in [0.29, 0.717) is 30.5 Å². The van der Waals surface area contributed by atoms with Crippen molar-refractivity contribution in [3.63, 3.8) is 0 Å². The molecule has 1 saturated carbocycles. The SMILES string of the molecule is CC(=O)c1cn(C[C@@H]2C[C@H](Oc3ccccc3)CN2C(O)[C@@H](NC(=O)[C@H](C)N(C)C(=O)OC(C)(C)C)C2CCCCC2)c2ccc(F)cc12. The number of benzene rings is 2. The molecule has 2 N–H and O–H groups in total. The molecule has 3 aromatic rings. The predicted octanol–water partition coefficient (Wildman–Crippen LogP) is 6.14. The van der Waals surface area contributed by atoms with Crippen molar-refractivity contribution in [2.24, 2.45) is 5.92 Å². The maximum absolute atomic E-state index is 14.3. The normalized spacial score (nSPS) is 20.8. The lowest BCUT2D eigenvalue weighted by Crippen LogP contribution is -2.60. The molecule has 5 rings (SSSR count). The van der Waals surface area contributed by atoms with Gasteiger partial charge in [0.25, 0.3) is 0 Å². The van der Waals surface area contributed by atoms with Gasteiger partial charge in [-0.05, 0) is 83.7 Å². The van der Waals surface area contributed by atoms with Crippen LogP contribution in [0.5, 0.6) is 5.75 Å². The molecule has 266 valence electrons. The van der Waals surface area contributed by atoms with Crippen LogP contribution in [-0.4, -0.2) is 86.9 Å². The van der Waals surface area contributed by atoms with Crippen molar-refractivity contribution < 1.29 is 33.4 Å². The molecule has 1 aliphatic heterocycles. The molecule has 11 heteroatoms. The maximum atomic E-state index is 14.3. The second-order valence-electron chi connectivity index (χ2n) is 14.7. The molecule has 49 heavy (non-hydrogen) atoms. The standard InChI is InChI=1S/C38H51FN4O6/c1-24(41(6)37(47)49-38(3,4)5)35(45)40-34(26-13-9-7-10-14-26)36(46)43-22-30(48-29-15-11-8-12-16-29)20-28(43)21-42-23-32(25(2)44)31-19-27(39)17-18-33(31)42/h8,11-12,15-19,23-24,26,28,30,34,36,46H,7,9-10,13-14,20-22H2,1-6H3,(H,40,45)/t24-,28-,30-,34-,36?/m0/s1. The molecule has 2 aliphatic rings. The molecule has 1 unspecified atom stereocenters. The zero-order valence-electron chi connectivity index (χ0n) is 29.5. The Hall–Kier alpha value is -3.96. The molecular weight excluding hydrogens is 627 g/mol. The van der Waals surface area contributed by atoms with Gasteiger partial charge in [0.15, 0.2) is 5.78 Å². The van der Waals surface area contributed by atoms with Gasteiger partial charge < -0.3 is 24.5 Å². The van der Waals surface area contributed by atoms with E-state index in [4.69, 9.17) is 9.47 Å². The fourth-order valence-corrected chi connectivity index (χ4v) is 7.19. The number of hydrogen-bond acceptors (Lipinski definition) is 7. The fraction of sp³-hybridized carbons (Fsp3) is 0.553. The first-order chi connectivity index (χ1) is 23.2. The lowest BCUT2D eigenvalue weighted by Gasteiger charge is -2.40. The van der Waals surface area contributed by atoms with Crippen LogP contribution in [0.2, 0.25) is 0 Å². The van der Waals surface area contributed by atoms with E-state index in [1.807, 2.05) is 39.8 Å². The number of aliphatic hydroxyl groups is 1. The van der Waals surface area contributed by atoms with Crippen molar-refractivity contribution in [3.05, 3.63) is 66.1 Å². The number of ketones is 1. The highest BCUT2D eigenvalue weighted by Gasteiger charge is 2.43. The van der Waals surface area contributed by atoms with Crippen LogP contribution in [0.15, 0.2) is 54.7 Å². The first kappa shape index (κ1) is 36.3. The van der Waals surface area contributed by atoms with Crippen molar-refractivity contribution in [1.82, 2.24) is 19.7 Å². The monoisotopic (exact) mass is 678 g/mol. The van der Waals surface area contributed by atoms with Gasteiger partial charge in [-0.15, -0.1) is 0 Å². The quantitative estimate of drug-likeness (QED) is 0.234. The van der Waals surface area contributed by atoms with Gasteiger partial charge in [0.05, 0.1) is 6.04 Å². The van der Waals surface area contributed by atoms with Crippen LogP contribution in [0, 0.1) is 11.7 Å². The molecule has 0 spiro atoms. The second-order valence-corrected chi connectivity index (χ2v) is 14.7. The molecule has 5 atom stereocenters. The second kappa shape index (κ2) is 15.3. The number of ether oxygens (including phenoxy) is 2. The van der Waals surface area contributed by atoms with Crippen molar-refractivity contribution >= 4 is 28.7 Å². The third-order valence-electron chi connectivity index (χ3n) is 9.86. The van der Waals surface area contributed by atoms with Crippen molar-refractivity contribution in [2.75, 3.05) is 13.6 Å². The molecule has 1 saturated heterocycles. The number of carbonyl (C=O) groups is 3. The smallest absolute Gasteiger partial charge is 0.410 e. The van der Waals surface area contributed by atoms with E-state index < -0.39 is 35.8 Å². The highest BCUT2D eigenvalue weighted by molar-refractivity contribution is 6.07. The number of para-hydroxylation sites is 1. The van der Waals surface area contributed by atoms with Crippen LogP contribution in [0.25, 0.3) is 10.9 Å². The van der Waals surface area contributed by atoms with E-state index in [-0.39, 0.29) is 29.8 Å². The summed E-state index contributed by atoms with van der Waals surface area (Å²) < 4.78 is 28.1. The van der Waals surface area contributed by atoms with Crippen molar-refractivity contribution in [1.29, 1.82) is 0 Å². The van der Waals surface area contributed by atoms with Crippen molar-refractivity contribution in [3.8, 4) is 5.75 Å². The van der Waals surface area contributed by atoms with Crippen LogP contribution in [0.3, 0.4) is 0 Å². The van der Waals surface area contributed by atoms with Gasteiger partial charge in [-0.2, -0.15) is 0 Å². The summed E-state index contributed by atoms with van der Waals surface area (Å²) in [6, 6.07) is 12.3.